The van der Waals surface area contributed by atoms with E-state index in [1.807, 2.05) is 4.90 Å². The van der Waals surface area contributed by atoms with E-state index < -0.39 is 0 Å². The second-order valence-corrected chi connectivity index (χ2v) is 16.3. The maximum atomic E-state index is 14.1. The number of fused-ring (bicyclic) bond motifs is 12. The van der Waals surface area contributed by atoms with Crippen molar-refractivity contribution >= 4 is 17.5 Å². The Labute approximate surface area is 268 Å². The van der Waals surface area contributed by atoms with Crippen LogP contribution in [0.25, 0.3) is 0 Å². The van der Waals surface area contributed by atoms with Crippen molar-refractivity contribution in [1.29, 1.82) is 0 Å². The molecule has 10 atom stereocenters. The first-order chi connectivity index (χ1) is 21.6. The third-order valence-corrected chi connectivity index (χ3v) is 14.3. The Morgan fingerprint density at radius 2 is 1.38 bits per heavy atom. The Kier molecular flexibility index (Phi) is 5.78. The van der Waals surface area contributed by atoms with Crippen LogP contribution in [0.1, 0.15) is 81.4 Å². The van der Waals surface area contributed by atoms with Gasteiger partial charge in [0.05, 0.1) is 5.92 Å². The zero-order valence-corrected chi connectivity index (χ0v) is 26.9. The number of nitrogens with zero attached hydrogens (tertiary/aromatic N) is 1. The van der Waals surface area contributed by atoms with Crippen molar-refractivity contribution in [3.8, 4) is 0 Å². The summed E-state index contributed by atoms with van der Waals surface area (Å²) in [6.45, 7) is 18.4. The van der Waals surface area contributed by atoms with E-state index in [0.29, 0.717) is 29.6 Å². The van der Waals surface area contributed by atoms with Crippen molar-refractivity contribution in [3.63, 3.8) is 0 Å². The molecule has 2 aromatic carbocycles. The summed E-state index contributed by atoms with van der Waals surface area (Å²) in [6, 6.07) is 17.6. The molecule has 4 nitrogen and oxygen atoms in total. The number of benzene rings is 2. The van der Waals surface area contributed by atoms with E-state index in [9.17, 15) is 9.59 Å². The Morgan fingerprint density at radius 1 is 0.800 bits per heavy atom. The van der Waals surface area contributed by atoms with Crippen LogP contribution >= 0.6 is 0 Å². The average molecular weight is 599 g/mol. The third-order valence-electron chi connectivity index (χ3n) is 14.3. The molecule has 5 aliphatic carbocycles. The lowest BCUT2D eigenvalue weighted by atomic mass is 9.47. The normalized spacial score (nSPS) is 40.9. The van der Waals surface area contributed by atoms with E-state index in [4.69, 9.17) is 6.58 Å². The highest BCUT2D eigenvalue weighted by atomic mass is 16.2. The number of anilines is 1. The first-order valence-corrected chi connectivity index (χ1v) is 17.5. The van der Waals surface area contributed by atoms with Gasteiger partial charge in [-0.15, -0.1) is 0 Å². The summed E-state index contributed by atoms with van der Waals surface area (Å²) in [6.07, 6.45) is 8.99. The zero-order valence-electron chi connectivity index (χ0n) is 26.9. The first kappa shape index (κ1) is 27.9. The largest absolute Gasteiger partial charge is 0.330 e. The van der Waals surface area contributed by atoms with Crippen LogP contribution in [0, 0.1) is 58.2 Å². The Hall–Kier alpha value is -3.40. The monoisotopic (exact) mass is 598 g/mol. The molecule has 7 fully saturated rings. The molecule has 2 aromatic rings. The lowest BCUT2D eigenvalue weighted by molar-refractivity contribution is -0.125. The summed E-state index contributed by atoms with van der Waals surface area (Å²) in [5.41, 5.74) is 8.55. The molecule has 2 aliphatic heterocycles. The van der Waals surface area contributed by atoms with Gasteiger partial charge in [-0.2, -0.15) is 0 Å². The summed E-state index contributed by atoms with van der Waals surface area (Å²) < 4.78 is 0. The van der Waals surface area contributed by atoms with E-state index in [-0.39, 0.29) is 46.3 Å². The summed E-state index contributed by atoms with van der Waals surface area (Å²) in [7, 11) is 0. The fourth-order valence-corrected chi connectivity index (χ4v) is 12.6. The van der Waals surface area contributed by atoms with E-state index in [2.05, 4.69) is 80.9 Å². The van der Waals surface area contributed by atoms with Crippen LogP contribution in [0.2, 0.25) is 0 Å². The predicted molar refractivity (Wildman–Crippen MR) is 178 cm³/mol. The highest BCUT2D eigenvalue weighted by molar-refractivity contribution is 6.02. The maximum absolute atomic E-state index is 14.1. The van der Waals surface area contributed by atoms with Crippen molar-refractivity contribution in [2.24, 2.45) is 58.2 Å². The molecule has 7 aliphatic rings. The quantitative estimate of drug-likeness (QED) is 0.361. The number of carbonyl (C=O) groups excluding carboxylic acids is 2. The van der Waals surface area contributed by atoms with Gasteiger partial charge in [0, 0.05) is 34.8 Å². The molecule has 2 saturated heterocycles. The second kappa shape index (κ2) is 9.33. The average Bonchev–Trinajstić information content (AvgIpc) is 3.85. The zero-order chi connectivity index (χ0) is 31.0. The van der Waals surface area contributed by atoms with Crippen LogP contribution in [-0.2, 0) is 16.0 Å². The van der Waals surface area contributed by atoms with Gasteiger partial charge in [0.1, 0.15) is 0 Å². The number of hydrogen-bond acceptors (Lipinski definition) is 2. The highest BCUT2D eigenvalue weighted by Gasteiger charge is 2.73. The van der Waals surface area contributed by atoms with Crippen LogP contribution < -0.4 is 10.2 Å². The lowest BCUT2D eigenvalue weighted by Gasteiger charge is -2.57. The van der Waals surface area contributed by atoms with Crippen LogP contribution in [0.4, 0.5) is 5.69 Å². The van der Waals surface area contributed by atoms with Gasteiger partial charge in [-0.25, -0.2) is 0 Å². The van der Waals surface area contributed by atoms with Gasteiger partial charge in [0.15, 0.2) is 0 Å². The van der Waals surface area contributed by atoms with Gasteiger partial charge < -0.3 is 5.32 Å². The molecular formula is C41H46N2O2. The molecule has 232 valence electrons. The van der Waals surface area contributed by atoms with Gasteiger partial charge in [0.25, 0.3) is 0 Å². The van der Waals surface area contributed by atoms with Crippen LogP contribution in [0.5, 0.6) is 0 Å². The Morgan fingerprint density at radius 3 is 2.00 bits per heavy atom. The van der Waals surface area contributed by atoms with Crippen molar-refractivity contribution in [1.82, 2.24) is 5.32 Å². The van der Waals surface area contributed by atoms with Crippen LogP contribution in [-0.4, -0.2) is 11.8 Å². The number of nitrogens with one attached hydrogen (secondary N) is 1. The molecule has 2 spiro atoms. The van der Waals surface area contributed by atoms with Gasteiger partial charge in [-0.3, -0.25) is 14.5 Å². The molecule has 2 heterocycles. The van der Waals surface area contributed by atoms with Gasteiger partial charge in [0.2, 0.25) is 11.8 Å². The molecule has 0 aromatic heterocycles. The lowest BCUT2D eigenvalue weighted by Crippen LogP contribution is -2.50. The van der Waals surface area contributed by atoms with E-state index in [0.717, 1.165) is 49.2 Å². The third kappa shape index (κ3) is 3.55. The van der Waals surface area contributed by atoms with Crippen molar-refractivity contribution in [2.45, 2.75) is 71.1 Å². The standard InChI is InChI=1S/C41H46N2O2/c1-22(2)28-11-7-26(8-12-28)17-27-9-13-31(14-10-27)43-24(4)35-33-19-30(37(35)39(43)45)21-41(33)16-6-15-40(25(41)5)20-29-18-32(40)34-23(3)42-38(44)36(29)34/h7-14,22,29-30,32-37H,3-6,15-21H2,1-2H3,(H,42,44). The van der Waals surface area contributed by atoms with Gasteiger partial charge in [-0.05, 0) is 114 Å². The summed E-state index contributed by atoms with van der Waals surface area (Å²) in [5.74, 6) is 3.45. The number of allylic oxidation sites excluding steroid dienone is 3. The predicted octanol–water partition coefficient (Wildman–Crippen LogP) is 8.16. The Balaban J connectivity index is 0.964. The van der Waals surface area contributed by atoms with Gasteiger partial charge in [-0.1, -0.05) is 82.0 Å². The molecule has 4 heteroatoms. The topological polar surface area (TPSA) is 49.4 Å². The SMILES string of the molecule is C=C1NC(=O)C2C3CC(C12)C1(CCCC2(CC4CC2C2C(=C)N(c5ccc(Cc6ccc(C(C)C)cc6)cc5)C(=O)C42)C1=C)C3. The molecule has 5 saturated carbocycles. The minimum atomic E-state index is 0.0544. The summed E-state index contributed by atoms with van der Waals surface area (Å²) >= 11 is 0. The maximum Gasteiger partial charge on any atom is 0.235 e. The summed E-state index contributed by atoms with van der Waals surface area (Å²) in [4.78, 5) is 28.9. The Bertz CT molecular complexity index is 1670. The molecule has 9 rings (SSSR count). The van der Waals surface area contributed by atoms with E-state index in [1.54, 1.807) is 0 Å². The first-order valence-electron chi connectivity index (χ1n) is 17.5. The minimum Gasteiger partial charge on any atom is -0.330 e. The van der Waals surface area contributed by atoms with Crippen molar-refractivity contribution in [3.05, 3.63) is 102 Å². The number of carbonyl (C=O) groups is 2. The van der Waals surface area contributed by atoms with Crippen molar-refractivity contribution < 1.29 is 9.59 Å². The molecule has 0 radical (unpaired) electrons. The number of hydrogen-bond donors (Lipinski definition) is 1. The molecule has 45 heavy (non-hydrogen) atoms. The van der Waals surface area contributed by atoms with Gasteiger partial charge >= 0.3 is 0 Å². The molecule has 1 N–H and O–H groups in total. The van der Waals surface area contributed by atoms with Crippen molar-refractivity contribution in [2.75, 3.05) is 4.90 Å². The van der Waals surface area contributed by atoms with Crippen LogP contribution in [0.15, 0.2) is 85.2 Å². The smallest absolute Gasteiger partial charge is 0.235 e. The minimum absolute atomic E-state index is 0.0544. The van der Waals surface area contributed by atoms with E-state index in [1.165, 1.54) is 41.5 Å². The molecular weight excluding hydrogens is 552 g/mol. The number of amides is 2. The fourth-order valence-electron chi connectivity index (χ4n) is 12.6. The number of rotatable bonds is 4. The molecule has 10 unspecified atom stereocenters. The molecule has 4 bridgehead atoms. The second-order valence-electron chi connectivity index (χ2n) is 16.3. The van der Waals surface area contributed by atoms with E-state index >= 15 is 0 Å². The fraction of sp³-hybridized carbons (Fsp3) is 0.512. The summed E-state index contributed by atoms with van der Waals surface area (Å²) in [5, 5.41) is 3.11. The highest BCUT2D eigenvalue weighted by Crippen LogP contribution is 2.77. The molecule has 2 amide bonds. The van der Waals surface area contributed by atoms with Crippen LogP contribution in [0.3, 0.4) is 0 Å².